The zero-order chi connectivity index (χ0) is 29.0. The molecule has 41 heavy (non-hydrogen) atoms. The van der Waals surface area contributed by atoms with Gasteiger partial charge in [0.05, 0.1) is 23.3 Å². The maximum absolute atomic E-state index is 13.9. The number of nitriles is 1. The molecule has 1 saturated heterocycles. The molecule has 4 aromatic rings. The molecule has 3 aromatic carbocycles. The Bertz CT molecular complexity index is 1670. The third-order valence-electron chi connectivity index (χ3n) is 7.40. The standard InChI is InChI=1S/C34H32N4O2S/c1-4-10-27-13-9-16-38(27)33(39)26-18-24(28-14-8-15-30(41-3)29(28)21-35)17-25(19-26)32-37-22-31(40-32)34(2,36)20-23-11-6-5-7-12-23/h5-8,11-12,14-15,17-19,22,27H,9,13,16,20,36H2,1-3H3/t27?,34-/m1/s1. The molecule has 1 fully saturated rings. The van der Waals surface area contributed by atoms with Gasteiger partial charge < -0.3 is 15.1 Å². The summed E-state index contributed by atoms with van der Waals surface area (Å²) in [6.45, 7) is 4.37. The largest absolute Gasteiger partial charge is 0.439 e. The Kier molecular flexibility index (Phi) is 8.31. The molecule has 0 spiro atoms. The van der Waals surface area contributed by atoms with E-state index in [4.69, 9.17) is 10.2 Å². The number of oxazole rings is 1. The van der Waals surface area contributed by atoms with Crippen molar-refractivity contribution in [1.82, 2.24) is 9.88 Å². The number of hydrogen-bond acceptors (Lipinski definition) is 6. The number of likely N-dealkylation sites (tertiary alicyclic amines) is 1. The van der Waals surface area contributed by atoms with Crippen molar-refractivity contribution in [1.29, 1.82) is 5.26 Å². The second-order valence-electron chi connectivity index (χ2n) is 10.5. The monoisotopic (exact) mass is 560 g/mol. The summed E-state index contributed by atoms with van der Waals surface area (Å²) in [6, 6.07) is 23.6. The smallest absolute Gasteiger partial charge is 0.254 e. The van der Waals surface area contributed by atoms with Gasteiger partial charge in [-0.05, 0) is 74.8 Å². The third kappa shape index (κ3) is 5.93. The zero-order valence-electron chi connectivity index (χ0n) is 23.5. The van der Waals surface area contributed by atoms with Crippen LogP contribution in [-0.2, 0) is 12.0 Å². The predicted octanol–water partition coefficient (Wildman–Crippen LogP) is 6.65. The number of benzene rings is 3. The van der Waals surface area contributed by atoms with E-state index < -0.39 is 5.54 Å². The Labute approximate surface area is 245 Å². The molecule has 2 N–H and O–H groups in total. The summed E-state index contributed by atoms with van der Waals surface area (Å²) in [7, 11) is 0. The van der Waals surface area contributed by atoms with Gasteiger partial charge in [-0.3, -0.25) is 4.79 Å². The molecule has 6 nitrogen and oxygen atoms in total. The molecule has 206 valence electrons. The molecule has 0 bridgehead atoms. The number of nitrogens with zero attached hydrogens (tertiary/aromatic N) is 3. The lowest BCUT2D eigenvalue weighted by atomic mass is 9.92. The van der Waals surface area contributed by atoms with Crippen molar-refractivity contribution in [3.63, 3.8) is 0 Å². The highest BCUT2D eigenvalue weighted by Gasteiger charge is 2.30. The highest BCUT2D eigenvalue weighted by atomic mass is 32.2. The van der Waals surface area contributed by atoms with E-state index in [1.54, 1.807) is 13.1 Å². The molecule has 2 heterocycles. The second-order valence-corrected chi connectivity index (χ2v) is 11.3. The average molecular weight is 561 g/mol. The van der Waals surface area contributed by atoms with Crippen molar-refractivity contribution >= 4 is 17.7 Å². The molecule has 2 atom stereocenters. The molecule has 1 aliphatic heterocycles. The van der Waals surface area contributed by atoms with E-state index in [2.05, 4.69) is 22.9 Å². The highest BCUT2D eigenvalue weighted by molar-refractivity contribution is 7.98. The molecule has 1 amide bonds. The first-order chi connectivity index (χ1) is 19.8. The lowest BCUT2D eigenvalue weighted by Crippen LogP contribution is -2.35. The number of thioether (sulfide) groups is 1. The van der Waals surface area contributed by atoms with Crippen LogP contribution in [0.25, 0.3) is 22.6 Å². The number of carbonyl (C=O) groups excluding carboxylic acids is 1. The Hall–Kier alpha value is -4.30. The van der Waals surface area contributed by atoms with Crippen molar-refractivity contribution in [2.75, 3.05) is 12.8 Å². The van der Waals surface area contributed by atoms with E-state index in [9.17, 15) is 10.1 Å². The SMILES string of the molecule is CC#CC1CCCN1C(=O)c1cc(-c2ncc([C@](C)(N)Cc3ccccc3)o2)cc(-c2cccc(SC)c2C#N)c1. The van der Waals surface area contributed by atoms with Gasteiger partial charge in [-0.25, -0.2) is 4.98 Å². The fourth-order valence-corrected chi connectivity index (χ4v) is 5.93. The van der Waals surface area contributed by atoms with E-state index in [1.165, 1.54) is 11.8 Å². The minimum Gasteiger partial charge on any atom is -0.439 e. The first kappa shape index (κ1) is 28.2. The topological polar surface area (TPSA) is 96.2 Å². The summed E-state index contributed by atoms with van der Waals surface area (Å²) in [5.41, 5.74) is 10.2. The maximum atomic E-state index is 13.9. The van der Waals surface area contributed by atoms with Crippen LogP contribution in [0.1, 0.15) is 53.9 Å². The fourth-order valence-electron chi connectivity index (χ4n) is 5.36. The van der Waals surface area contributed by atoms with Crippen molar-refractivity contribution in [3.8, 4) is 40.5 Å². The van der Waals surface area contributed by atoms with Gasteiger partial charge in [0.25, 0.3) is 5.91 Å². The predicted molar refractivity (Wildman–Crippen MR) is 163 cm³/mol. The van der Waals surface area contributed by atoms with Crippen LogP contribution in [-0.4, -0.2) is 34.6 Å². The summed E-state index contributed by atoms with van der Waals surface area (Å²) in [5.74, 6) is 6.96. The van der Waals surface area contributed by atoms with Crippen LogP contribution in [0.15, 0.2) is 82.2 Å². The molecule has 0 saturated carbocycles. The molecule has 1 aromatic heterocycles. The quantitative estimate of drug-likeness (QED) is 0.201. The van der Waals surface area contributed by atoms with Crippen LogP contribution in [0, 0.1) is 23.2 Å². The molecule has 1 aliphatic rings. The minimum absolute atomic E-state index is 0.0996. The summed E-state index contributed by atoms with van der Waals surface area (Å²) < 4.78 is 6.27. The van der Waals surface area contributed by atoms with Gasteiger partial charge >= 0.3 is 0 Å². The Balaban J connectivity index is 1.59. The molecular weight excluding hydrogens is 528 g/mol. The first-order valence-electron chi connectivity index (χ1n) is 13.6. The van der Waals surface area contributed by atoms with Gasteiger partial charge in [-0.2, -0.15) is 5.26 Å². The zero-order valence-corrected chi connectivity index (χ0v) is 24.3. The summed E-state index contributed by atoms with van der Waals surface area (Å²) in [6.07, 6.45) is 5.95. The molecule has 0 aliphatic carbocycles. The van der Waals surface area contributed by atoms with Gasteiger partial charge in [0.2, 0.25) is 5.89 Å². The number of rotatable bonds is 7. The van der Waals surface area contributed by atoms with Gasteiger partial charge in [-0.1, -0.05) is 48.4 Å². The van der Waals surface area contributed by atoms with Crippen molar-refractivity contribution < 1.29 is 9.21 Å². The summed E-state index contributed by atoms with van der Waals surface area (Å²) in [5, 5.41) is 10.0. The molecule has 7 heteroatoms. The van der Waals surface area contributed by atoms with Gasteiger partial charge in [0.15, 0.2) is 0 Å². The Morgan fingerprint density at radius 2 is 1.95 bits per heavy atom. The lowest BCUT2D eigenvalue weighted by Gasteiger charge is -2.22. The van der Waals surface area contributed by atoms with Crippen LogP contribution in [0.2, 0.25) is 0 Å². The molecular formula is C34H32N4O2S. The van der Waals surface area contributed by atoms with E-state index in [0.717, 1.165) is 34.4 Å². The van der Waals surface area contributed by atoms with Crippen molar-refractivity contribution in [2.45, 2.75) is 49.6 Å². The van der Waals surface area contributed by atoms with Gasteiger partial charge in [-0.15, -0.1) is 17.7 Å². The first-order valence-corrected chi connectivity index (χ1v) is 14.8. The van der Waals surface area contributed by atoms with E-state index >= 15 is 0 Å². The normalized spacial score (nSPS) is 16.0. The lowest BCUT2D eigenvalue weighted by molar-refractivity contribution is 0.0766. The highest BCUT2D eigenvalue weighted by Crippen LogP contribution is 2.35. The van der Waals surface area contributed by atoms with Crippen LogP contribution in [0.3, 0.4) is 0 Å². The van der Waals surface area contributed by atoms with Crippen molar-refractivity contribution in [2.24, 2.45) is 5.73 Å². The summed E-state index contributed by atoms with van der Waals surface area (Å²) in [4.78, 5) is 21.2. The van der Waals surface area contributed by atoms with Crippen LogP contribution >= 0.6 is 11.8 Å². The van der Waals surface area contributed by atoms with E-state index in [-0.39, 0.29) is 11.9 Å². The van der Waals surface area contributed by atoms with E-state index in [0.29, 0.717) is 41.3 Å². The van der Waals surface area contributed by atoms with Crippen molar-refractivity contribution in [3.05, 3.63) is 95.4 Å². The average Bonchev–Trinajstić information content (AvgIpc) is 3.67. The number of aromatic nitrogens is 1. The van der Waals surface area contributed by atoms with Gasteiger partial charge in [0.1, 0.15) is 11.8 Å². The number of amides is 1. The number of nitrogens with two attached hydrogens (primary N) is 1. The van der Waals surface area contributed by atoms with Crippen LogP contribution in [0.5, 0.6) is 0 Å². The maximum Gasteiger partial charge on any atom is 0.254 e. The van der Waals surface area contributed by atoms with Gasteiger partial charge in [0, 0.05) is 28.1 Å². The summed E-state index contributed by atoms with van der Waals surface area (Å²) >= 11 is 1.52. The fraction of sp³-hybridized carbons (Fsp3) is 0.265. The van der Waals surface area contributed by atoms with Crippen LogP contribution < -0.4 is 5.73 Å². The molecule has 0 radical (unpaired) electrons. The van der Waals surface area contributed by atoms with E-state index in [1.807, 2.05) is 84.8 Å². The third-order valence-corrected chi connectivity index (χ3v) is 8.18. The van der Waals surface area contributed by atoms with Crippen LogP contribution in [0.4, 0.5) is 0 Å². The number of hydrogen-bond donors (Lipinski definition) is 1. The minimum atomic E-state index is -0.787. The molecule has 1 unspecified atom stereocenters. The molecule has 5 rings (SSSR count). The Morgan fingerprint density at radius 3 is 2.68 bits per heavy atom. The second kappa shape index (κ2) is 12.1. The number of carbonyl (C=O) groups is 1. The Morgan fingerprint density at radius 1 is 1.17 bits per heavy atom.